The molecule has 1 aliphatic carbocycles. The summed E-state index contributed by atoms with van der Waals surface area (Å²) >= 11 is 0. The summed E-state index contributed by atoms with van der Waals surface area (Å²) in [4.78, 5) is 21.3. The van der Waals surface area contributed by atoms with Crippen molar-refractivity contribution in [1.29, 1.82) is 0 Å². The molecule has 2 aromatic rings. The van der Waals surface area contributed by atoms with E-state index in [1.165, 1.54) is 0 Å². The lowest BCUT2D eigenvalue weighted by molar-refractivity contribution is -0.141. The van der Waals surface area contributed by atoms with Crippen molar-refractivity contribution in [1.82, 2.24) is 20.0 Å². The minimum Gasteiger partial charge on any atom is -0.458 e. The second kappa shape index (κ2) is 6.82. The van der Waals surface area contributed by atoms with Gasteiger partial charge in [-0.25, -0.2) is 4.98 Å². The molecule has 27 heavy (non-hydrogen) atoms. The standard InChI is InChI=1S/C17H17F3N4O3/c18-17(19,20)14-5-6-21-16(22-14)26-11-2-1-7-24(9-11)15(25)12-8-13(27-23-12)10-3-4-10/h5-6,8,10-11H,1-4,7,9H2. The fourth-order valence-electron chi connectivity index (χ4n) is 3.04. The number of halogens is 3. The van der Waals surface area contributed by atoms with Crippen LogP contribution in [0.15, 0.2) is 22.9 Å². The average molecular weight is 382 g/mol. The Morgan fingerprint density at radius 2 is 2.11 bits per heavy atom. The molecule has 7 nitrogen and oxygen atoms in total. The van der Waals surface area contributed by atoms with E-state index in [-0.39, 0.29) is 24.2 Å². The van der Waals surface area contributed by atoms with Crippen molar-refractivity contribution < 1.29 is 27.2 Å². The molecule has 1 aliphatic heterocycles. The van der Waals surface area contributed by atoms with Crippen LogP contribution in [0.4, 0.5) is 13.2 Å². The molecule has 0 N–H and O–H groups in total. The van der Waals surface area contributed by atoms with E-state index in [1.807, 2.05) is 0 Å². The van der Waals surface area contributed by atoms with Crippen molar-refractivity contribution in [3.63, 3.8) is 0 Å². The van der Waals surface area contributed by atoms with Crippen molar-refractivity contribution in [2.24, 2.45) is 0 Å². The maximum absolute atomic E-state index is 12.8. The molecule has 0 aromatic carbocycles. The lowest BCUT2D eigenvalue weighted by atomic mass is 10.1. The topological polar surface area (TPSA) is 81.4 Å². The van der Waals surface area contributed by atoms with Crippen molar-refractivity contribution in [3.05, 3.63) is 35.5 Å². The van der Waals surface area contributed by atoms with E-state index in [4.69, 9.17) is 9.26 Å². The van der Waals surface area contributed by atoms with Gasteiger partial charge in [-0.2, -0.15) is 18.2 Å². The first-order valence-electron chi connectivity index (χ1n) is 8.73. The Hall–Kier alpha value is -2.65. The Morgan fingerprint density at radius 3 is 2.85 bits per heavy atom. The van der Waals surface area contributed by atoms with Crippen LogP contribution in [0.2, 0.25) is 0 Å². The lowest BCUT2D eigenvalue weighted by Gasteiger charge is -2.31. The third-order valence-corrected chi connectivity index (χ3v) is 4.59. The summed E-state index contributed by atoms with van der Waals surface area (Å²) < 4.78 is 49.0. The highest BCUT2D eigenvalue weighted by Crippen LogP contribution is 2.40. The molecule has 1 saturated carbocycles. The van der Waals surface area contributed by atoms with Gasteiger partial charge < -0.3 is 14.2 Å². The molecular weight excluding hydrogens is 365 g/mol. The molecule has 4 rings (SSSR count). The van der Waals surface area contributed by atoms with Gasteiger partial charge in [0.15, 0.2) is 11.4 Å². The third kappa shape index (κ3) is 4.04. The predicted octanol–water partition coefficient (Wildman–Crippen LogP) is 3.04. The summed E-state index contributed by atoms with van der Waals surface area (Å²) in [6.45, 7) is 0.748. The maximum Gasteiger partial charge on any atom is 0.433 e. The number of carbonyl (C=O) groups is 1. The van der Waals surface area contributed by atoms with Gasteiger partial charge in [-0.3, -0.25) is 4.79 Å². The fraction of sp³-hybridized carbons (Fsp3) is 0.529. The highest BCUT2D eigenvalue weighted by Gasteiger charge is 2.34. The van der Waals surface area contributed by atoms with E-state index in [0.29, 0.717) is 25.3 Å². The van der Waals surface area contributed by atoms with Crippen LogP contribution in [0.3, 0.4) is 0 Å². The molecule has 1 atom stereocenters. The maximum atomic E-state index is 12.8. The molecule has 10 heteroatoms. The summed E-state index contributed by atoms with van der Waals surface area (Å²) in [7, 11) is 0. The lowest BCUT2D eigenvalue weighted by Crippen LogP contribution is -2.44. The summed E-state index contributed by atoms with van der Waals surface area (Å²) in [5, 5.41) is 3.84. The molecule has 2 fully saturated rings. The molecule has 0 radical (unpaired) electrons. The zero-order chi connectivity index (χ0) is 19.0. The Balaban J connectivity index is 1.41. The van der Waals surface area contributed by atoms with Gasteiger partial charge in [-0.1, -0.05) is 5.16 Å². The highest BCUT2D eigenvalue weighted by molar-refractivity contribution is 5.92. The molecule has 0 spiro atoms. The van der Waals surface area contributed by atoms with Crippen molar-refractivity contribution in [3.8, 4) is 6.01 Å². The minimum atomic E-state index is -4.57. The number of hydrogen-bond acceptors (Lipinski definition) is 6. The Labute approximate surface area is 152 Å². The number of piperidine rings is 1. The first kappa shape index (κ1) is 17.7. The Kier molecular flexibility index (Phi) is 4.48. The van der Waals surface area contributed by atoms with Gasteiger partial charge in [0.25, 0.3) is 5.91 Å². The number of rotatable bonds is 4. The molecule has 1 unspecified atom stereocenters. The second-order valence-corrected chi connectivity index (χ2v) is 6.74. The fourth-order valence-corrected chi connectivity index (χ4v) is 3.04. The van der Waals surface area contributed by atoms with Crippen molar-refractivity contribution in [2.45, 2.75) is 43.9 Å². The molecule has 2 aliphatic rings. The number of hydrogen-bond donors (Lipinski definition) is 0. The van der Waals surface area contributed by atoms with Crippen LogP contribution in [0.1, 0.15) is 53.5 Å². The number of ether oxygens (including phenoxy) is 1. The normalized spacial score (nSPS) is 20.6. The van der Waals surface area contributed by atoms with Gasteiger partial charge in [0.1, 0.15) is 11.9 Å². The quantitative estimate of drug-likeness (QED) is 0.809. The minimum absolute atomic E-state index is 0.226. The zero-order valence-electron chi connectivity index (χ0n) is 14.3. The van der Waals surface area contributed by atoms with Crippen molar-refractivity contribution in [2.75, 3.05) is 13.1 Å². The van der Waals surface area contributed by atoms with Crippen molar-refractivity contribution >= 4 is 5.91 Å². The number of carbonyl (C=O) groups excluding carboxylic acids is 1. The van der Waals surface area contributed by atoms with E-state index in [9.17, 15) is 18.0 Å². The molecule has 3 heterocycles. The van der Waals surface area contributed by atoms with E-state index >= 15 is 0 Å². The average Bonchev–Trinajstić information content (AvgIpc) is 3.38. The predicted molar refractivity (Wildman–Crippen MR) is 85.1 cm³/mol. The van der Waals surface area contributed by atoms with Crippen LogP contribution in [-0.2, 0) is 6.18 Å². The summed E-state index contributed by atoms with van der Waals surface area (Å²) in [6.07, 6.45) is -0.717. The largest absolute Gasteiger partial charge is 0.458 e. The summed E-state index contributed by atoms with van der Waals surface area (Å²) in [6, 6.07) is 2.10. The van der Waals surface area contributed by atoms with E-state index in [1.54, 1.807) is 11.0 Å². The monoisotopic (exact) mass is 382 g/mol. The summed E-state index contributed by atoms with van der Waals surface area (Å²) in [5.74, 6) is 0.805. The van der Waals surface area contributed by atoms with Crippen LogP contribution in [0.5, 0.6) is 6.01 Å². The van der Waals surface area contributed by atoms with E-state index in [0.717, 1.165) is 30.9 Å². The van der Waals surface area contributed by atoms with Gasteiger partial charge in [-0.05, 0) is 31.7 Å². The van der Waals surface area contributed by atoms with Gasteiger partial charge in [0, 0.05) is 24.7 Å². The van der Waals surface area contributed by atoms with Gasteiger partial charge in [0.2, 0.25) is 0 Å². The molecule has 1 amide bonds. The van der Waals surface area contributed by atoms with Crippen LogP contribution in [-0.4, -0.2) is 45.1 Å². The van der Waals surface area contributed by atoms with Crippen LogP contribution in [0.25, 0.3) is 0 Å². The zero-order valence-corrected chi connectivity index (χ0v) is 14.3. The molecule has 2 aromatic heterocycles. The SMILES string of the molecule is O=C(c1cc(C2CC2)on1)N1CCCC(Oc2nccc(C(F)(F)F)n2)C1. The Morgan fingerprint density at radius 1 is 1.30 bits per heavy atom. The molecule has 1 saturated heterocycles. The number of aromatic nitrogens is 3. The van der Waals surface area contributed by atoms with Gasteiger partial charge >= 0.3 is 12.2 Å². The number of nitrogens with zero attached hydrogens (tertiary/aromatic N) is 4. The van der Waals surface area contributed by atoms with Crippen LogP contribution in [0, 0.1) is 0 Å². The van der Waals surface area contributed by atoms with Crippen LogP contribution < -0.4 is 4.74 Å². The van der Waals surface area contributed by atoms with Gasteiger partial charge in [0.05, 0.1) is 6.54 Å². The third-order valence-electron chi connectivity index (χ3n) is 4.59. The summed E-state index contributed by atoms with van der Waals surface area (Å²) in [5.41, 5.74) is -0.820. The molecule has 0 bridgehead atoms. The van der Waals surface area contributed by atoms with E-state index in [2.05, 4.69) is 15.1 Å². The van der Waals surface area contributed by atoms with Gasteiger partial charge in [-0.15, -0.1) is 0 Å². The first-order valence-corrected chi connectivity index (χ1v) is 8.73. The highest BCUT2D eigenvalue weighted by atomic mass is 19.4. The second-order valence-electron chi connectivity index (χ2n) is 6.74. The number of amides is 1. The van der Waals surface area contributed by atoms with E-state index < -0.39 is 18.0 Å². The molecular formula is C17H17F3N4O3. The van der Waals surface area contributed by atoms with Crippen LogP contribution >= 0.6 is 0 Å². The first-order chi connectivity index (χ1) is 12.9. The smallest absolute Gasteiger partial charge is 0.433 e. The number of alkyl halides is 3. The number of likely N-dealkylation sites (tertiary alicyclic amines) is 1. The molecule has 144 valence electrons. The Bertz CT molecular complexity index is 835.